The van der Waals surface area contributed by atoms with Gasteiger partial charge in [-0.15, -0.1) is 10.2 Å². The minimum absolute atomic E-state index is 0.00452. The Morgan fingerprint density at radius 3 is 2.43 bits per heavy atom. The number of amides is 2. The highest BCUT2D eigenvalue weighted by atomic mass is 32.2. The van der Waals surface area contributed by atoms with Gasteiger partial charge in [-0.1, -0.05) is 30.0 Å². The summed E-state index contributed by atoms with van der Waals surface area (Å²) in [7, 11) is 0. The number of hydrogen-bond acceptors (Lipinski definition) is 7. The lowest BCUT2D eigenvalue weighted by Gasteiger charge is -2.11. The molecule has 0 saturated heterocycles. The van der Waals surface area contributed by atoms with Crippen LogP contribution in [0.2, 0.25) is 0 Å². The molecule has 0 aliphatic heterocycles. The Labute approximate surface area is 175 Å². The van der Waals surface area contributed by atoms with Gasteiger partial charge >= 0.3 is 0 Å². The minimum Gasteiger partial charge on any atom is -0.274 e. The molecular weight excluding hydrogens is 408 g/mol. The number of carbonyl (C=O) groups excluding carboxylic acids is 2. The van der Waals surface area contributed by atoms with Gasteiger partial charge in [-0.05, 0) is 37.6 Å². The van der Waals surface area contributed by atoms with E-state index < -0.39 is 16.7 Å². The summed E-state index contributed by atoms with van der Waals surface area (Å²) in [5.74, 6) is -0.321. The molecule has 0 fully saturated rings. The van der Waals surface area contributed by atoms with Crippen molar-refractivity contribution in [2.75, 3.05) is 5.75 Å². The van der Waals surface area contributed by atoms with Crippen molar-refractivity contribution in [3.05, 3.63) is 75.6 Å². The van der Waals surface area contributed by atoms with E-state index in [1.165, 1.54) is 36.0 Å². The average molecular weight is 426 g/mol. The number of nitro benzene ring substituents is 1. The van der Waals surface area contributed by atoms with Crippen molar-refractivity contribution in [1.82, 2.24) is 25.6 Å². The summed E-state index contributed by atoms with van der Waals surface area (Å²) in [6.07, 6.45) is 0. The molecule has 2 amide bonds. The van der Waals surface area contributed by atoms with E-state index in [1.54, 1.807) is 0 Å². The van der Waals surface area contributed by atoms with Crippen LogP contribution in [-0.4, -0.2) is 37.3 Å². The molecule has 0 unspecified atom stereocenters. The number of aromatic nitrogens is 3. The van der Waals surface area contributed by atoms with Crippen molar-refractivity contribution in [1.29, 1.82) is 0 Å². The second-order valence-corrected chi connectivity index (χ2v) is 7.19. The van der Waals surface area contributed by atoms with Gasteiger partial charge in [-0.3, -0.25) is 35.1 Å². The second-order valence-electron chi connectivity index (χ2n) is 6.25. The number of benzene rings is 2. The smallest absolute Gasteiger partial charge is 0.269 e. The van der Waals surface area contributed by atoms with Gasteiger partial charge in [0, 0.05) is 17.7 Å². The van der Waals surface area contributed by atoms with Crippen molar-refractivity contribution in [3.63, 3.8) is 0 Å². The molecule has 0 bridgehead atoms. The zero-order chi connectivity index (χ0) is 21.7. The van der Waals surface area contributed by atoms with Gasteiger partial charge < -0.3 is 0 Å². The van der Waals surface area contributed by atoms with Crippen LogP contribution in [0.25, 0.3) is 5.69 Å². The zero-order valence-electron chi connectivity index (χ0n) is 16.2. The third-order valence-corrected chi connectivity index (χ3v) is 5.07. The Hall–Kier alpha value is -3.73. The molecule has 154 valence electrons. The van der Waals surface area contributed by atoms with E-state index in [2.05, 4.69) is 21.0 Å². The summed E-state index contributed by atoms with van der Waals surface area (Å²) in [6.45, 7) is 3.80. The maximum Gasteiger partial charge on any atom is 0.269 e. The minimum atomic E-state index is -0.581. The molecular formula is C19H18N6O4S. The molecule has 1 heterocycles. The van der Waals surface area contributed by atoms with Crippen LogP contribution in [0.15, 0.2) is 53.7 Å². The SMILES string of the molecule is Cc1ccccc1-n1c(C)nnc1SCC(=O)NNC(=O)c1ccc([N+](=O)[O-])cc1. The van der Waals surface area contributed by atoms with Crippen LogP contribution in [0, 0.1) is 24.0 Å². The summed E-state index contributed by atoms with van der Waals surface area (Å²) in [5, 5.41) is 19.4. The number of hydrogen-bond donors (Lipinski definition) is 2. The lowest BCUT2D eigenvalue weighted by molar-refractivity contribution is -0.384. The predicted molar refractivity (Wildman–Crippen MR) is 110 cm³/mol. The Balaban J connectivity index is 1.57. The van der Waals surface area contributed by atoms with Gasteiger partial charge in [0.2, 0.25) is 5.91 Å². The Kier molecular flexibility index (Phi) is 6.42. The molecule has 0 radical (unpaired) electrons. The number of para-hydroxylation sites is 1. The van der Waals surface area contributed by atoms with Gasteiger partial charge in [0.25, 0.3) is 11.6 Å². The predicted octanol–water partition coefficient (Wildman–Crippen LogP) is 2.35. The highest BCUT2D eigenvalue weighted by Gasteiger charge is 2.15. The van der Waals surface area contributed by atoms with Gasteiger partial charge in [0.1, 0.15) is 5.82 Å². The number of hydrazine groups is 1. The van der Waals surface area contributed by atoms with E-state index in [0.29, 0.717) is 11.0 Å². The van der Waals surface area contributed by atoms with Crippen LogP contribution in [-0.2, 0) is 4.79 Å². The maximum absolute atomic E-state index is 12.1. The van der Waals surface area contributed by atoms with E-state index in [9.17, 15) is 19.7 Å². The van der Waals surface area contributed by atoms with Gasteiger partial charge in [-0.25, -0.2) is 0 Å². The Morgan fingerprint density at radius 1 is 1.07 bits per heavy atom. The number of aryl methyl sites for hydroxylation is 2. The monoisotopic (exact) mass is 426 g/mol. The molecule has 3 rings (SSSR count). The van der Waals surface area contributed by atoms with Gasteiger partial charge in [0.15, 0.2) is 5.16 Å². The van der Waals surface area contributed by atoms with Gasteiger partial charge in [-0.2, -0.15) is 0 Å². The first-order valence-electron chi connectivity index (χ1n) is 8.81. The first kappa shape index (κ1) is 21.0. The number of thioether (sulfide) groups is 1. The molecule has 11 heteroatoms. The number of non-ortho nitro benzene ring substituents is 1. The lowest BCUT2D eigenvalue weighted by atomic mass is 10.2. The van der Waals surface area contributed by atoms with E-state index in [4.69, 9.17) is 0 Å². The quantitative estimate of drug-likeness (QED) is 0.351. The van der Waals surface area contributed by atoms with Crippen molar-refractivity contribution in [2.45, 2.75) is 19.0 Å². The zero-order valence-corrected chi connectivity index (χ0v) is 17.0. The fourth-order valence-corrected chi connectivity index (χ4v) is 3.42. The number of rotatable bonds is 6. The first-order valence-corrected chi connectivity index (χ1v) is 9.80. The van der Waals surface area contributed by atoms with Crippen molar-refractivity contribution in [3.8, 4) is 5.69 Å². The Bertz CT molecular complexity index is 1100. The summed E-state index contributed by atoms with van der Waals surface area (Å²) in [4.78, 5) is 34.3. The third-order valence-electron chi connectivity index (χ3n) is 4.14. The average Bonchev–Trinajstić information content (AvgIpc) is 3.11. The normalized spacial score (nSPS) is 10.5. The summed E-state index contributed by atoms with van der Waals surface area (Å²) >= 11 is 1.18. The van der Waals surface area contributed by atoms with Crippen LogP contribution >= 0.6 is 11.8 Å². The fraction of sp³-hybridized carbons (Fsp3) is 0.158. The van der Waals surface area contributed by atoms with Crippen molar-refractivity contribution >= 4 is 29.3 Å². The van der Waals surface area contributed by atoms with Crippen LogP contribution in [0.3, 0.4) is 0 Å². The summed E-state index contributed by atoms with van der Waals surface area (Å²) in [5.41, 5.74) is 6.62. The number of carbonyl (C=O) groups is 2. The number of nitrogens with zero attached hydrogens (tertiary/aromatic N) is 4. The molecule has 1 aromatic heterocycles. The number of nitro groups is 1. The lowest BCUT2D eigenvalue weighted by Crippen LogP contribution is -2.42. The summed E-state index contributed by atoms with van der Waals surface area (Å²) in [6, 6.07) is 12.8. The molecule has 0 saturated carbocycles. The Morgan fingerprint density at radius 2 is 1.77 bits per heavy atom. The molecule has 30 heavy (non-hydrogen) atoms. The van der Waals surface area contributed by atoms with Crippen LogP contribution in [0.5, 0.6) is 0 Å². The van der Waals surface area contributed by atoms with Crippen LogP contribution in [0.4, 0.5) is 5.69 Å². The van der Waals surface area contributed by atoms with Crippen LogP contribution < -0.4 is 10.9 Å². The molecule has 10 nitrogen and oxygen atoms in total. The first-order chi connectivity index (χ1) is 14.4. The highest BCUT2D eigenvalue weighted by molar-refractivity contribution is 7.99. The van der Waals surface area contributed by atoms with Crippen molar-refractivity contribution < 1.29 is 14.5 Å². The largest absolute Gasteiger partial charge is 0.274 e. The standard InChI is InChI=1S/C19H18N6O4S/c1-12-5-3-4-6-16(12)24-13(2)20-23-19(24)30-11-17(26)21-22-18(27)14-7-9-15(10-8-14)25(28)29/h3-10H,11H2,1-2H3,(H,21,26)(H,22,27). The molecule has 0 aliphatic carbocycles. The topological polar surface area (TPSA) is 132 Å². The highest BCUT2D eigenvalue weighted by Crippen LogP contribution is 2.23. The van der Waals surface area contributed by atoms with E-state index >= 15 is 0 Å². The van der Waals surface area contributed by atoms with Crippen LogP contribution in [0.1, 0.15) is 21.7 Å². The second kappa shape index (κ2) is 9.18. The molecule has 0 aliphatic rings. The maximum atomic E-state index is 12.1. The van der Waals surface area contributed by atoms with Gasteiger partial charge in [0.05, 0.1) is 16.4 Å². The molecule has 3 aromatic rings. The molecule has 2 aromatic carbocycles. The molecule has 0 spiro atoms. The van der Waals surface area contributed by atoms with E-state index in [-0.39, 0.29) is 17.0 Å². The van der Waals surface area contributed by atoms with E-state index in [1.807, 2.05) is 42.7 Å². The number of nitrogens with one attached hydrogen (secondary N) is 2. The third kappa shape index (κ3) is 4.81. The van der Waals surface area contributed by atoms with Crippen molar-refractivity contribution in [2.24, 2.45) is 0 Å². The van der Waals surface area contributed by atoms with E-state index in [0.717, 1.165) is 11.3 Å². The molecule has 0 atom stereocenters. The summed E-state index contributed by atoms with van der Waals surface area (Å²) < 4.78 is 1.86. The fourth-order valence-electron chi connectivity index (χ4n) is 2.63. The molecule has 2 N–H and O–H groups in total.